The second-order valence-corrected chi connectivity index (χ2v) is 5.77. The molecule has 1 aromatic carbocycles. The van der Waals surface area contributed by atoms with Crippen LogP contribution in [0.3, 0.4) is 0 Å². The van der Waals surface area contributed by atoms with Crippen molar-refractivity contribution in [3.05, 3.63) is 44.2 Å². The van der Waals surface area contributed by atoms with Crippen LogP contribution in [0.4, 0.5) is 11.4 Å². The third-order valence-corrected chi connectivity index (χ3v) is 3.89. The molecular weight excluding hydrogens is 331 g/mol. The first-order chi connectivity index (χ1) is 7.75. The minimum absolute atomic E-state index is 0.818. The number of nitrogens with two attached hydrogens (primary N) is 1. The zero-order chi connectivity index (χ0) is 11.4. The van der Waals surface area contributed by atoms with E-state index in [1.54, 1.807) is 11.3 Å². The van der Waals surface area contributed by atoms with E-state index in [4.69, 9.17) is 5.73 Å². The molecule has 0 radical (unpaired) electrons. The van der Waals surface area contributed by atoms with Crippen molar-refractivity contribution in [3.63, 3.8) is 0 Å². The first-order valence-electron chi connectivity index (χ1n) is 5.07. The summed E-state index contributed by atoms with van der Waals surface area (Å²) in [6, 6.07) is 10.3. The highest BCUT2D eigenvalue weighted by Crippen LogP contribution is 2.21. The molecule has 3 N–H and O–H groups in total. The molecule has 2 rings (SSSR count). The molecule has 2 nitrogen and oxygen atoms in total. The normalized spacial score (nSPS) is 10.3. The van der Waals surface area contributed by atoms with E-state index in [0.717, 1.165) is 24.3 Å². The smallest absolute Gasteiger partial charge is 0.0574 e. The number of hydrogen-bond donors (Lipinski definition) is 2. The lowest BCUT2D eigenvalue weighted by Crippen LogP contribution is -2.06. The molecule has 2 aromatic rings. The largest absolute Gasteiger partial charge is 0.397 e. The van der Waals surface area contributed by atoms with Gasteiger partial charge in [-0.2, -0.15) is 0 Å². The van der Waals surface area contributed by atoms with Crippen molar-refractivity contribution in [1.29, 1.82) is 0 Å². The summed E-state index contributed by atoms with van der Waals surface area (Å²) in [6.45, 7) is 0.922. The molecule has 0 unspecified atom stereocenters. The van der Waals surface area contributed by atoms with E-state index in [2.05, 4.69) is 51.5 Å². The Kier molecular flexibility index (Phi) is 4.06. The van der Waals surface area contributed by atoms with E-state index in [0.29, 0.717) is 0 Å². The van der Waals surface area contributed by atoms with Crippen LogP contribution in [0.5, 0.6) is 0 Å². The average Bonchev–Trinajstić information content (AvgIpc) is 2.74. The van der Waals surface area contributed by atoms with Crippen molar-refractivity contribution in [2.24, 2.45) is 0 Å². The molecular formula is C12H13IN2S. The first-order valence-corrected chi connectivity index (χ1v) is 7.03. The lowest BCUT2D eigenvalue weighted by molar-refractivity contribution is 1.05. The minimum Gasteiger partial charge on any atom is -0.397 e. The van der Waals surface area contributed by atoms with E-state index in [1.165, 1.54) is 8.45 Å². The maximum atomic E-state index is 5.92. The highest BCUT2D eigenvalue weighted by Gasteiger charge is 1.99. The zero-order valence-corrected chi connectivity index (χ0v) is 11.7. The van der Waals surface area contributed by atoms with Crippen LogP contribution in [0.2, 0.25) is 0 Å². The molecule has 0 bridgehead atoms. The Balaban J connectivity index is 1.90. The van der Waals surface area contributed by atoms with Crippen LogP contribution in [-0.2, 0) is 6.42 Å². The van der Waals surface area contributed by atoms with Gasteiger partial charge in [-0.1, -0.05) is 6.07 Å². The molecule has 0 spiro atoms. The maximum absolute atomic E-state index is 5.92. The molecule has 0 saturated carbocycles. The Morgan fingerprint density at radius 1 is 1.31 bits per heavy atom. The predicted molar refractivity (Wildman–Crippen MR) is 80.1 cm³/mol. The van der Waals surface area contributed by atoms with Gasteiger partial charge in [0.1, 0.15) is 0 Å². The molecule has 4 heteroatoms. The highest BCUT2D eigenvalue weighted by atomic mass is 127. The van der Waals surface area contributed by atoms with Gasteiger partial charge in [-0.05, 0) is 58.7 Å². The second kappa shape index (κ2) is 5.54. The van der Waals surface area contributed by atoms with Crippen LogP contribution >= 0.6 is 33.9 Å². The lowest BCUT2D eigenvalue weighted by atomic mass is 10.2. The van der Waals surface area contributed by atoms with Gasteiger partial charge in [-0.3, -0.25) is 0 Å². The van der Waals surface area contributed by atoms with Crippen LogP contribution < -0.4 is 11.1 Å². The topological polar surface area (TPSA) is 38.0 Å². The number of rotatable bonds is 4. The summed E-state index contributed by atoms with van der Waals surface area (Å²) in [4.78, 5) is 1.40. The summed E-state index contributed by atoms with van der Waals surface area (Å²) in [5, 5.41) is 5.46. The van der Waals surface area contributed by atoms with Crippen LogP contribution in [0.15, 0.2) is 35.7 Å². The van der Waals surface area contributed by atoms with Crippen LogP contribution in [0.1, 0.15) is 4.88 Å². The van der Waals surface area contributed by atoms with E-state index < -0.39 is 0 Å². The van der Waals surface area contributed by atoms with Gasteiger partial charge >= 0.3 is 0 Å². The number of nitrogens with one attached hydrogen (secondary N) is 1. The van der Waals surface area contributed by atoms with Gasteiger partial charge in [0.05, 0.1) is 11.4 Å². The SMILES string of the molecule is Nc1cc(I)ccc1NCCc1cccs1. The van der Waals surface area contributed by atoms with Crippen molar-refractivity contribution >= 4 is 45.3 Å². The van der Waals surface area contributed by atoms with Crippen LogP contribution in [0.25, 0.3) is 0 Å². The quantitative estimate of drug-likeness (QED) is 0.657. The monoisotopic (exact) mass is 344 g/mol. The zero-order valence-electron chi connectivity index (χ0n) is 8.74. The van der Waals surface area contributed by atoms with Gasteiger partial charge in [-0.25, -0.2) is 0 Å². The third-order valence-electron chi connectivity index (χ3n) is 2.28. The highest BCUT2D eigenvalue weighted by molar-refractivity contribution is 14.1. The van der Waals surface area contributed by atoms with Gasteiger partial charge in [-0.15, -0.1) is 11.3 Å². The van der Waals surface area contributed by atoms with E-state index in [1.807, 2.05) is 12.1 Å². The van der Waals surface area contributed by atoms with Crippen molar-refractivity contribution in [3.8, 4) is 0 Å². The number of hydrogen-bond acceptors (Lipinski definition) is 3. The molecule has 0 amide bonds. The van der Waals surface area contributed by atoms with Gasteiger partial charge in [0.25, 0.3) is 0 Å². The lowest BCUT2D eigenvalue weighted by Gasteiger charge is -2.08. The Morgan fingerprint density at radius 3 is 2.88 bits per heavy atom. The summed E-state index contributed by atoms with van der Waals surface area (Å²) in [5.74, 6) is 0. The fourth-order valence-electron chi connectivity index (χ4n) is 1.47. The van der Waals surface area contributed by atoms with E-state index in [9.17, 15) is 0 Å². The van der Waals surface area contributed by atoms with Gasteiger partial charge in [0, 0.05) is 15.0 Å². The Hall–Kier alpha value is -0.750. The fraction of sp³-hybridized carbons (Fsp3) is 0.167. The summed E-state index contributed by atoms with van der Waals surface area (Å²) >= 11 is 4.05. The predicted octanol–water partition coefficient (Wildman–Crippen LogP) is 3.59. The summed E-state index contributed by atoms with van der Waals surface area (Å²) < 4.78 is 1.17. The van der Waals surface area contributed by atoms with Gasteiger partial charge in [0.2, 0.25) is 0 Å². The molecule has 0 aliphatic rings. The molecule has 1 aromatic heterocycles. The van der Waals surface area contributed by atoms with Crippen LogP contribution in [0, 0.1) is 3.57 Å². The molecule has 0 aliphatic heterocycles. The fourth-order valence-corrected chi connectivity index (χ4v) is 2.69. The van der Waals surface area contributed by atoms with Gasteiger partial charge in [0.15, 0.2) is 0 Å². The standard InChI is InChI=1S/C12H13IN2S/c13-9-3-4-12(11(14)8-9)15-6-5-10-2-1-7-16-10/h1-4,7-8,15H,5-6,14H2. The summed E-state index contributed by atoms with van der Waals surface area (Å²) in [7, 11) is 0. The maximum Gasteiger partial charge on any atom is 0.0574 e. The van der Waals surface area contributed by atoms with Crippen LogP contribution in [-0.4, -0.2) is 6.54 Å². The molecule has 0 saturated heterocycles. The van der Waals surface area contributed by atoms with E-state index in [-0.39, 0.29) is 0 Å². The van der Waals surface area contributed by atoms with E-state index >= 15 is 0 Å². The molecule has 1 heterocycles. The third kappa shape index (κ3) is 3.12. The van der Waals surface area contributed by atoms with Crippen molar-refractivity contribution < 1.29 is 0 Å². The Bertz CT molecular complexity index is 454. The summed E-state index contributed by atoms with van der Waals surface area (Å²) in [5.41, 5.74) is 7.76. The minimum atomic E-state index is 0.818. The van der Waals surface area contributed by atoms with Crippen molar-refractivity contribution in [1.82, 2.24) is 0 Å². The molecule has 16 heavy (non-hydrogen) atoms. The molecule has 0 fully saturated rings. The molecule has 84 valence electrons. The summed E-state index contributed by atoms with van der Waals surface area (Å²) in [6.07, 6.45) is 1.04. The first kappa shape index (κ1) is 11.7. The number of thiophene rings is 1. The average molecular weight is 344 g/mol. The van der Waals surface area contributed by atoms with Crippen molar-refractivity contribution in [2.75, 3.05) is 17.6 Å². The number of halogens is 1. The molecule has 0 atom stereocenters. The number of anilines is 2. The Morgan fingerprint density at radius 2 is 2.19 bits per heavy atom. The molecule has 0 aliphatic carbocycles. The number of benzene rings is 1. The Labute approximate surface area is 113 Å². The second-order valence-electron chi connectivity index (χ2n) is 3.49. The van der Waals surface area contributed by atoms with Gasteiger partial charge < -0.3 is 11.1 Å². The van der Waals surface area contributed by atoms with Crippen molar-refractivity contribution in [2.45, 2.75) is 6.42 Å². The number of nitrogen functional groups attached to an aromatic ring is 1.